The number of carboxylic acids is 1. The van der Waals surface area contributed by atoms with Gasteiger partial charge >= 0.3 is 12.0 Å². The number of urea groups is 1. The number of carbonyl (C=O) groups excluding carboxylic acids is 1. The summed E-state index contributed by atoms with van der Waals surface area (Å²) < 4.78 is 0. The third-order valence-corrected chi connectivity index (χ3v) is 1.94. The number of carbonyl (C=O) groups is 2. The molecule has 0 heterocycles. The molecule has 0 saturated heterocycles. The molecule has 18 heavy (non-hydrogen) atoms. The van der Waals surface area contributed by atoms with Crippen molar-refractivity contribution in [3.8, 4) is 12.3 Å². The number of anilines is 1. The van der Waals surface area contributed by atoms with Crippen molar-refractivity contribution in [1.82, 2.24) is 5.32 Å². The summed E-state index contributed by atoms with van der Waals surface area (Å²) >= 11 is 0. The molecule has 5 nitrogen and oxygen atoms in total. The van der Waals surface area contributed by atoms with E-state index in [1.54, 1.807) is 24.3 Å². The minimum Gasteiger partial charge on any atom is -0.478 e. The minimum absolute atomic E-state index is 0.158. The van der Waals surface area contributed by atoms with Crippen molar-refractivity contribution in [2.45, 2.75) is 0 Å². The second kappa shape index (κ2) is 6.76. The largest absolute Gasteiger partial charge is 0.478 e. The number of terminal acetylenes is 1. The van der Waals surface area contributed by atoms with Gasteiger partial charge in [0.1, 0.15) is 0 Å². The fourth-order valence-corrected chi connectivity index (χ4v) is 1.15. The maximum atomic E-state index is 11.3. The number of amides is 2. The molecule has 0 aliphatic rings. The average molecular weight is 244 g/mol. The van der Waals surface area contributed by atoms with Crippen LogP contribution in [0.4, 0.5) is 10.5 Å². The third-order valence-electron chi connectivity index (χ3n) is 1.94. The summed E-state index contributed by atoms with van der Waals surface area (Å²) in [6.45, 7) is 0.158. The Morgan fingerprint density at radius 2 is 2.00 bits per heavy atom. The quantitative estimate of drug-likeness (QED) is 0.555. The number of hydrogen-bond donors (Lipinski definition) is 3. The number of aliphatic carboxylic acids is 1. The van der Waals surface area contributed by atoms with Gasteiger partial charge in [0.2, 0.25) is 0 Å². The first-order chi connectivity index (χ1) is 8.61. The average Bonchev–Trinajstić information content (AvgIpc) is 2.35. The Balaban J connectivity index is 2.58. The molecular formula is C13H12N2O3. The minimum atomic E-state index is -1.01. The van der Waals surface area contributed by atoms with Crippen molar-refractivity contribution in [2.75, 3.05) is 11.9 Å². The van der Waals surface area contributed by atoms with Crippen LogP contribution in [-0.4, -0.2) is 23.7 Å². The summed E-state index contributed by atoms with van der Waals surface area (Å²) in [5.41, 5.74) is 1.32. The normalized spacial score (nSPS) is 9.72. The van der Waals surface area contributed by atoms with Gasteiger partial charge in [-0.3, -0.25) is 0 Å². The molecule has 2 amide bonds. The standard InChI is InChI=1S/C13H12N2O3/c1-2-9-14-13(18)15-11-6-3-10(4-7-11)5-8-12(16)17/h1,3-8H,9H2,(H,16,17)(H2,14,15,18). The zero-order valence-electron chi connectivity index (χ0n) is 9.51. The summed E-state index contributed by atoms with van der Waals surface area (Å²) in [6, 6.07) is 6.32. The van der Waals surface area contributed by atoms with Gasteiger partial charge in [0, 0.05) is 11.8 Å². The Kier molecular flexibility index (Phi) is 5.00. The van der Waals surface area contributed by atoms with E-state index >= 15 is 0 Å². The number of carboxylic acid groups (broad SMARTS) is 1. The molecule has 5 heteroatoms. The van der Waals surface area contributed by atoms with Gasteiger partial charge in [-0.2, -0.15) is 0 Å². The summed E-state index contributed by atoms with van der Waals surface area (Å²) in [4.78, 5) is 21.6. The van der Waals surface area contributed by atoms with Crippen molar-refractivity contribution in [3.05, 3.63) is 35.9 Å². The van der Waals surface area contributed by atoms with E-state index in [1.165, 1.54) is 6.08 Å². The topological polar surface area (TPSA) is 78.4 Å². The van der Waals surface area contributed by atoms with E-state index < -0.39 is 5.97 Å². The number of benzene rings is 1. The van der Waals surface area contributed by atoms with Crippen LogP contribution in [0, 0.1) is 12.3 Å². The molecule has 0 saturated carbocycles. The van der Waals surface area contributed by atoms with Gasteiger partial charge in [-0.1, -0.05) is 18.1 Å². The van der Waals surface area contributed by atoms with E-state index in [-0.39, 0.29) is 12.6 Å². The molecule has 0 aliphatic heterocycles. The van der Waals surface area contributed by atoms with E-state index in [1.807, 2.05) is 0 Å². The molecule has 0 unspecified atom stereocenters. The maximum Gasteiger partial charge on any atom is 0.328 e. The highest BCUT2D eigenvalue weighted by Crippen LogP contribution is 2.10. The summed E-state index contributed by atoms with van der Waals surface area (Å²) in [7, 11) is 0. The van der Waals surface area contributed by atoms with Gasteiger partial charge in [-0.15, -0.1) is 6.42 Å². The van der Waals surface area contributed by atoms with E-state index in [4.69, 9.17) is 11.5 Å². The van der Waals surface area contributed by atoms with Gasteiger partial charge < -0.3 is 15.7 Å². The van der Waals surface area contributed by atoms with Gasteiger partial charge in [0.25, 0.3) is 0 Å². The van der Waals surface area contributed by atoms with Crippen LogP contribution in [0.3, 0.4) is 0 Å². The molecule has 1 aromatic carbocycles. The SMILES string of the molecule is C#CCNC(=O)Nc1ccc(C=CC(=O)O)cc1. The lowest BCUT2D eigenvalue weighted by molar-refractivity contribution is -0.131. The summed E-state index contributed by atoms with van der Waals surface area (Å²) in [5, 5.41) is 13.5. The predicted molar refractivity (Wildman–Crippen MR) is 69.0 cm³/mol. The third kappa shape index (κ3) is 4.86. The lowest BCUT2D eigenvalue weighted by atomic mass is 10.2. The first-order valence-corrected chi connectivity index (χ1v) is 5.11. The molecule has 1 rings (SSSR count). The summed E-state index contributed by atoms with van der Waals surface area (Å²) in [6.07, 6.45) is 7.51. The van der Waals surface area contributed by atoms with Crippen LogP contribution < -0.4 is 10.6 Å². The van der Waals surface area contributed by atoms with Crippen LogP contribution in [0.1, 0.15) is 5.56 Å². The number of hydrogen-bond acceptors (Lipinski definition) is 2. The Morgan fingerprint density at radius 1 is 1.33 bits per heavy atom. The van der Waals surface area contributed by atoms with Gasteiger partial charge in [-0.25, -0.2) is 9.59 Å². The van der Waals surface area contributed by atoms with Crippen LogP contribution in [-0.2, 0) is 4.79 Å². The Labute approximate surface area is 105 Å². The Bertz CT molecular complexity index is 498. The van der Waals surface area contributed by atoms with E-state index in [9.17, 15) is 9.59 Å². The van der Waals surface area contributed by atoms with E-state index in [2.05, 4.69) is 16.6 Å². The first kappa shape index (κ1) is 13.3. The highest BCUT2D eigenvalue weighted by molar-refractivity contribution is 5.89. The van der Waals surface area contributed by atoms with E-state index in [0.29, 0.717) is 5.69 Å². The van der Waals surface area contributed by atoms with Crippen molar-refractivity contribution >= 4 is 23.8 Å². The van der Waals surface area contributed by atoms with Crippen LogP contribution in [0.5, 0.6) is 0 Å². The van der Waals surface area contributed by atoms with Gasteiger partial charge in [0.05, 0.1) is 6.54 Å². The molecule has 0 bridgehead atoms. The maximum absolute atomic E-state index is 11.3. The molecule has 3 N–H and O–H groups in total. The van der Waals surface area contributed by atoms with Crippen LogP contribution >= 0.6 is 0 Å². The molecule has 0 aliphatic carbocycles. The highest BCUT2D eigenvalue weighted by Gasteiger charge is 1.99. The van der Waals surface area contributed by atoms with Crippen molar-refractivity contribution < 1.29 is 14.7 Å². The molecule has 0 atom stereocenters. The lowest BCUT2D eigenvalue weighted by Gasteiger charge is -2.05. The van der Waals surface area contributed by atoms with Crippen molar-refractivity contribution in [1.29, 1.82) is 0 Å². The van der Waals surface area contributed by atoms with Gasteiger partial charge in [0.15, 0.2) is 0 Å². The van der Waals surface area contributed by atoms with Crippen LogP contribution in [0.25, 0.3) is 6.08 Å². The number of rotatable bonds is 4. The predicted octanol–water partition coefficient (Wildman–Crippen LogP) is 1.54. The zero-order valence-corrected chi connectivity index (χ0v) is 9.51. The fourth-order valence-electron chi connectivity index (χ4n) is 1.15. The molecule has 92 valence electrons. The highest BCUT2D eigenvalue weighted by atomic mass is 16.4. The first-order valence-electron chi connectivity index (χ1n) is 5.11. The van der Waals surface area contributed by atoms with Crippen LogP contribution in [0.15, 0.2) is 30.3 Å². The second-order valence-corrected chi connectivity index (χ2v) is 3.31. The Morgan fingerprint density at radius 3 is 2.56 bits per heavy atom. The van der Waals surface area contributed by atoms with Crippen molar-refractivity contribution in [2.24, 2.45) is 0 Å². The zero-order chi connectivity index (χ0) is 13.4. The van der Waals surface area contributed by atoms with Gasteiger partial charge in [-0.05, 0) is 23.8 Å². The monoisotopic (exact) mass is 244 g/mol. The molecule has 0 fully saturated rings. The molecule has 0 radical (unpaired) electrons. The van der Waals surface area contributed by atoms with E-state index in [0.717, 1.165) is 11.6 Å². The molecule has 0 spiro atoms. The summed E-state index contributed by atoms with van der Waals surface area (Å²) in [5.74, 6) is 1.28. The Hall–Kier alpha value is -2.74. The lowest BCUT2D eigenvalue weighted by Crippen LogP contribution is -2.28. The fraction of sp³-hybridized carbons (Fsp3) is 0.0769. The molecular weight excluding hydrogens is 232 g/mol. The smallest absolute Gasteiger partial charge is 0.328 e. The van der Waals surface area contributed by atoms with Crippen molar-refractivity contribution in [3.63, 3.8) is 0 Å². The second-order valence-electron chi connectivity index (χ2n) is 3.31. The number of nitrogens with one attached hydrogen (secondary N) is 2. The molecule has 0 aromatic heterocycles. The van der Waals surface area contributed by atoms with Crippen LogP contribution in [0.2, 0.25) is 0 Å². The molecule has 1 aromatic rings.